The van der Waals surface area contributed by atoms with Gasteiger partial charge in [0.2, 0.25) is 0 Å². The Balaban J connectivity index is 3.17. The van der Waals surface area contributed by atoms with Crippen molar-refractivity contribution in [1.29, 1.82) is 0 Å². The molecule has 0 aliphatic rings. The average molecular weight is 251 g/mol. The normalized spacial score (nSPS) is 9.56. The van der Waals surface area contributed by atoms with Gasteiger partial charge in [-0.2, -0.15) is 0 Å². The SMILES string of the molecule is [O]c1ccc(Br)c(Br)c1. The maximum atomic E-state index is 10.6. The fraction of sp³-hybridized carbons (Fsp3) is 0. The Bertz CT molecular complexity index is 222. The van der Waals surface area contributed by atoms with Crippen LogP contribution in [0.2, 0.25) is 0 Å². The van der Waals surface area contributed by atoms with Crippen LogP contribution in [0.4, 0.5) is 0 Å². The van der Waals surface area contributed by atoms with E-state index in [1.54, 1.807) is 6.07 Å². The van der Waals surface area contributed by atoms with E-state index in [1.807, 2.05) is 0 Å². The van der Waals surface area contributed by atoms with Gasteiger partial charge in [0.1, 0.15) is 0 Å². The van der Waals surface area contributed by atoms with Gasteiger partial charge in [-0.25, -0.2) is 0 Å². The van der Waals surface area contributed by atoms with E-state index in [2.05, 4.69) is 31.9 Å². The second-order valence-electron chi connectivity index (χ2n) is 1.58. The highest BCUT2D eigenvalue weighted by atomic mass is 79.9. The third-order valence-electron chi connectivity index (χ3n) is 0.891. The van der Waals surface area contributed by atoms with Crippen LogP contribution < -0.4 is 0 Å². The van der Waals surface area contributed by atoms with E-state index < -0.39 is 0 Å². The zero-order valence-corrected chi connectivity index (χ0v) is 7.57. The van der Waals surface area contributed by atoms with Crippen LogP contribution in [0, 0.1) is 0 Å². The monoisotopic (exact) mass is 249 g/mol. The molecule has 0 unspecified atom stereocenters. The Morgan fingerprint density at radius 1 is 1.11 bits per heavy atom. The third-order valence-corrected chi connectivity index (χ3v) is 2.77. The Hall–Kier alpha value is -0.0200. The largest absolute Gasteiger partial charge is 0.290 e. The van der Waals surface area contributed by atoms with Crippen LogP contribution in [-0.2, 0) is 5.11 Å². The van der Waals surface area contributed by atoms with Crippen LogP contribution in [0.25, 0.3) is 0 Å². The first-order valence-electron chi connectivity index (χ1n) is 2.32. The Morgan fingerprint density at radius 2 is 1.78 bits per heavy atom. The fourth-order valence-electron chi connectivity index (χ4n) is 0.477. The minimum Gasteiger partial charge on any atom is -0.290 e. The molecule has 0 saturated carbocycles. The van der Waals surface area contributed by atoms with Crippen molar-refractivity contribution in [3.8, 4) is 5.75 Å². The van der Waals surface area contributed by atoms with E-state index in [4.69, 9.17) is 0 Å². The summed E-state index contributed by atoms with van der Waals surface area (Å²) in [6.07, 6.45) is 0. The van der Waals surface area contributed by atoms with Crippen LogP contribution in [0.15, 0.2) is 27.1 Å². The van der Waals surface area contributed by atoms with Crippen molar-refractivity contribution in [3.63, 3.8) is 0 Å². The van der Waals surface area contributed by atoms with Gasteiger partial charge in [-0.1, -0.05) is 0 Å². The molecular weight excluding hydrogens is 248 g/mol. The van der Waals surface area contributed by atoms with Crippen molar-refractivity contribution in [2.75, 3.05) is 0 Å². The molecular formula is C6H3Br2O. The molecule has 1 rings (SSSR count). The van der Waals surface area contributed by atoms with E-state index in [9.17, 15) is 5.11 Å². The second-order valence-corrected chi connectivity index (χ2v) is 3.28. The highest BCUT2D eigenvalue weighted by Crippen LogP contribution is 2.26. The van der Waals surface area contributed by atoms with Gasteiger partial charge in [0.15, 0.2) is 5.75 Å². The van der Waals surface area contributed by atoms with Crippen molar-refractivity contribution in [2.45, 2.75) is 0 Å². The highest BCUT2D eigenvalue weighted by Gasteiger charge is 1.96. The third kappa shape index (κ3) is 1.69. The molecule has 0 bridgehead atoms. The fourth-order valence-corrected chi connectivity index (χ4v) is 1.08. The summed E-state index contributed by atoms with van der Waals surface area (Å²) in [7, 11) is 0. The van der Waals surface area contributed by atoms with Crippen molar-refractivity contribution < 1.29 is 5.11 Å². The van der Waals surface area contributed by atoms with Gasteiger partial charge in [0, 0.05) is 15.0 Å². The maximum Gasteiger partial charge on any atom is 0.179 e. The summed E-state index contributed by atoms with van der Waals surface area (Å²) in [5, 5.41) is 10.6. The summed E-state index contributed by atoms with van der Waals surface area (Å²) in [5.74, 6) is 0.0186. The summed E-state index contributed by atoms with van der Waals surface area (Å²) in [6.45, 7) is 0. The van der Waals surface area contributed by atoms with Crippen LogP contribution in [0.5, 0.6) is 5.75 Å². The number of rotatable bonds is 0. The number of halogens is 2. The molecule has 1 aromatic rings. The molecule has 0 fully saturated rings. The quantitative estimate of drug-likeness (QED) is 0.673. The summed E-state index contributed by atoms with van der Waals surface area (Å²) in [6, 6.07) is 4.74. The zero-order chi connectivity index (χ0) is 6.85. The van der Waals surface area contributed by atoms with Gasteiger partial charge in [0.05, 0.1) is 0 Å². The smallest absolute Gasteiger partial charge is 0.179 e. The average Bonchev–Trinajstić information content (AvgIpc) is 1.80. The molecule has 0 saturated heterocycles. The minimum absolute atomic E-state index is 0.0186. The molecule has 0 heterocycles. The minimum atomic E-state index is 0.0186. The molecule has 9 heavy (non-hydrogen) atoms. The summed E-state index contributed by atoms with van der Waals surface area (Å²) in [4.78, 5) is 0. The van der Waals surface area contributed by atoms with Crippen LogP contribution in [0.3, 0.4) is 0 Å². The maximum absolute atomic E-state index is 10.6. The summed E-state index contributed by atoms with van der Waals surface area (Å²) >= 11 is 6.44. The Morgan fingerprint density at radius 3 is 2.22 bits per heavy atom. The molecule has 0 amide bonds. The highest BCUT2D eigenvalue weighted by molar-refractivity contribution is 9.13. The first kappa shape index (κ1) is 7.09. The predicted octanol–water partition coefficient (Wildman–Crippen LogP) is 3.36. The van der Waals surface area contributed by atoms with Gasteiger partial charge < -0.3 is 0 Å². The van der Waals surface area contributed by atoms with Gasteiger partial charge in [-0.05, 0) is 44.0 Å². The molecule has 0 aromatic heterocycles. The molecule has 1 aromatic carbocycles. The van der Waals surface area contributed by atoms with Crippen molar-refractivity contribution in [3.05, 3.63) is 27.1 Å². The Kier molecular flexibility index (Phi) is 2.13. The molecule has 0 aliphatic heterocycles. The van der Waals surface area contributed by atoms with Gasteiger partial charge in [-0.3, -0.25) is 5.11 Å². The van der Waals surface area contributed by atoms with Crippen molar-refractivity contribution >= 4 is 31.9 Å². The molecule has 0 atom stereocenters. The van der Waals surface area contributed by atoms with E-state index >= 15 is 0 Å². The lowest BCUT2D eigenvalue weighted by Gasteiger charge is -1.91. The molecule has 1 nitrogen and oxygen atoms in total. The van der Waals surface area contributed by atoms with Crippen LogP contribution >= 0.6 is 31.9 Å². The van der Waals surface area contributed by atoms with E-state index in [-0.39, 0.29) is 5.75 Å². The zero-order valence-electron chi connectivity index (χ0n) is 4.40. The first-order valence-corrected chi connectivity index (χ1v) is 3.91. The first-order chi connectivity index (χ1) is 4.20. The Labute approximate surface area is 70.0 Å². The van der Waals surface area contributed by atoms with Gasteiger partial charge in [0.25, 0.3) is 0 Å². The molecule has 0 N–H and O–H groups in total. The molecule has 3 heteroatoms. The standard InChI is InChI=1S/C6H3Br2O/c7-5-2-1-4(9)3-6(5)8/h1-3H. The lowest BCUT2D eigenvalue weighted by molar-refractivity contribution is 0.354. The van der Waals surface area contributed by atoms with E-state index in [1.165, 1.54) is 12.1 Å². The van der Waals surface area contributed by atoms with Gasteiger partial charge in [-0.15, -0.1) is 0 Å². The summed E-state index contributed by atoms with van der Waals surface area (Å²) in [5.41, 5.74) is 0. The molecule has 0 aliphatic carbocycles. The van der Waals surface area contributed by atoms with Crippen molar-refractivity contribution in [2.24, 2.45) is 0 Å². The van der Waals surface area contributed by atoms with Crippen LogP contribution in [-0.4, -0.2) is 0 Å². The number of hydrogen-bond donors (Lipinski definition) is 0. The van der Waals surface area contributed by atoms with Gasteiger partial charge >= 0.3 is 0 Å². The predicted molar refractivity (Wildman–Crippen MR) is 42.0 cm³/mol. The van der Waals surface area contributed by atoms with E-state index in [0.29, 0.717) is 0 Å². The van der Waals surface area contributed by atoms with E-state index in [0.717, 1.165) is 8.95 Å². The van der Waals surface area contributed by atoms with Crippen LogP contribution in [0.1, 0.15) is 0 Å². The molecule has 47 valence electrons. The second kappa shape index (κ2) is 2.71. The lowest BCUT2D eigenvalue weighted by Crippen LogP contribution is -1.66. The number of benzene rings is 1. The topological polar surface area (TPSA) is 19.9 Å². The van der Waals surface area contributed by atoms with Crippen molar-refractivity contribution in [1.82, 2.24) is 0 Å². The molecule has 0 spiro atoms. The lowest BCUT2D eigenvalue weighted by atomic mass is 10.3. The summed E-state index contributed by atoms with van der Waals surface area (Å²) < 4.78 is 1.71. The number of hydrogen-bond acceptors (Lipinski definition) is 0. The molecule has 1 radical (unpaired) electrons.